The van der Waals surface area contributed by atoms with Gasteiger partial charge in [0.15, 0.2) is 25.0 Å². The number of ether oxygens (including phenoxy) is 2. The minimum Gasteiger partial charge on any atom is -0.497 e. The van der Waals surface area contributed by atoms with Crippen LogP contribution in [0.1, 0.15) is 87.1 Å². The molecular formula is C38H69NO5Si3. The summed E-state index contributed by atoms with van der Waals surface area (Å²) in [5.41, 5.74) is 1.12. The molecule has 268 valence electrons. The van der Waals surface area contributed by atoms with Crippen molar-refractivity contribution >= 4 is 25.0 Å². The fraction of sp³-hybridized carbons (Fsp3) is 0.711. The van der Waals surface area contributed by atoms with Gasteiger partial charge in [-0.25, -0.2) is 0 Å². The highest BCUT2D eigenvalue weighted by Gasteiger charge is 2.41. The van der Waals surface area contributed by atoms with Gasteiger partial charge in [0.2, 0.25) is 0 Å². The summed E-state index contributed by atoms with van der Waals surface area (Å²) in [6.45, 7) is 35.0. The van der Waals surface area contributed by atoms with Gasteiger partial charge in [-0.05, 0) is 84.9 Å². The molecule has 0 unspecified atom stereocenters. The number of hydrogen-bond donors (Lipinski definition) is 0. The topological polar surface area (TPSA) is 69.9 Å². The average molecular weight is 704 g/mol. The van der Waals surface area contributed by atoms with Gasteiger partial charge in [-0.3, -0.25) is 0 Å². The summed E-state index contributed by atoms with van der Waals surface area (Å²) < 4.78 is 31.5. The van der Waals surface area contributed by atoms with Crippen molar-refractivity contribution in [2.24, 2.45) is 0 Å². The molecule has 0 aliphatic rings. The molecule has 0 fully saturated rings. The van der Waals surface area contributed by atoms with Crippen molar-refractivity contribution in [1.29, 1.82) is 5.26 Å². The van der Waals surface area contributed by atoms with Crippen LogP contribution < -0.4 is 4.74 Å². The number of nitrogens with zero attached hydrogens (tertiary/aromatic N) is 1. The van der Waals surface area contributed by atoms with E-state index in [-0.39, 0.29) is 27.3 Å². The largest absolute Gasteiger partial charge is 0.497 e. The average Bonchev–Trinajstić information content (AvgIpc) is 2.92. The van der Waals surface area contributed by atoms with Gasteiger partial charge in [0.05, 0.1) is 32.0 Å². The van der Waals surface area contributed by atoms with Crippen LogP contribution in [-0.2, 0) is 24.6 Å². The molecule has 3 atom stereocenters. The molecule has 0 aromatic heterocycles. The molecule has 0 N–H and O–H groups in total. The summed E-state index contributed by atoms with van der Waals surface area (Å²) in [6.07, 6.45) is 10.1. The maximum absolute atomic E-state index is 9.89. The third kappa shape index (κ3) is 14.9. The molecule has 0 saturated heterocycles. The monoisotopic (exact) mass is 703 g/mol. The number of hydrogen-bond acceptors (Lipinski definition) is 6. The summed E-state index contributed by atoms with van der Waals surface area (Å²) in [6, 6.07) is 10.4. The minimum atomic E-state index is -2.05. The summed E-state index contributed by atoms with van der Waals surface area (Å²) in [4.78, 5) is 0. The maximum atomic E-state index is 9.89. The van der Waals surface area contributed by atoms with Crippen LogP contribution in [0.3, 0.4) is 0 Å². The molecule has 1 aromatic rings. The normalized spacial score (nSPS) is 16.0. The van der Waals surface area contributed by atoms with E-state index in [9.17, 15) is 5.26 Å². The Balaban J connectivity index is 3.12. The Kier molecular flexibility index (Phi) is 16.6. The van der Waals surface area contributed by atoms with Gasteiger partial charge < -0.3 is 22.8 Å². The Morgan fingerprint density at radius 1 is 0.681 bits per heavy atom. The van der Waals surface area contributed by atoms with E-state index in [2.05, 4.69) is 132 Å². The molecule has 1 rings (SSSR count). The second kappa shape index (κ2) is 17.9. The molecule has 0 saturated carbocycles. The van der Waals surface area contributed by atoms with Crippen LogP contribution in [-0.4, -0.2) is 57.0 Å². The predicted molar refractivity (Wildman–Crippen MR) is 207 cm³/mol. The first-order valence-corrected chi connectivity index (χ1v) is 26.0. The third-order valence-corrected chi connectivity index (χ3v) is 23.8. The van der Waals surface area contributed by atoms with E-state index in [1.165, 1.54) is 0 Å². The molecule has 0 heterocycles. The van der Waals surface area contributed by atoms with Gasteiger partial charge in [0, 0.05) is 13.0 Å². The van der Waals surface area contributed by atoms with E-state index in [4.69, 9.17) is 22.8 Å². The summed E-state index contributed by atoms with van der Waals surface area (Å²) in [5, 5.41) is 10.1. The SMILES string of the molecule is COc1ccc(COCC[C@@H](/C=C/C[C@@H](/C=C/C[C@@H](C#N)O[Si](C)(C)C(C)(C)C)O[Si](C)(C)C(C)(C)C)O[Si](C)(C)C(C)(C)C)cc1. The lowest BCUT2D eigenvalue weighted by atomic mass is 10.1. The minimum absolute atomic E-state index is 0.0499. The summed E-state index contributed by atoms with van der Waals surface area (Å²) in [7, 11) is -4.44. The molecule has 0 aliphatic heterocycles. The molecular weight excluding hydrogens is 635 g/mol. The van der Waals surface area contributed by atoms with E-state index in [0.717, 1.165) is 24.2 Å². The molecule has 0 amide bonds. The highest BCUT2D eigenvalue weighted by Crippen LogP contribution is 2.40. The smallest absolute Gasteiger partial charge is 0.193 e. The molecule has 1 aromatic carbocycles. The van der Waals surface area contributed by atoms with Crippen molar-refractivity contribution in [3.63, 3.8) is 0 Å². The van der Waals surface area contributed by atoms with Crippen LogP contribution in [0.4, 0.5) is 0 Å². The zero-order valence-electron chi connectivity index (χ0n) is 32.9. The fourth-order valence-corrected chi connectivity index (χ4v) is 7.77. The van der Waals surface area contributed by atoms with Crippen LogP contribution in [0.2, 0.25) is 54.4 Å². The lowest BCUT2D eigenvalue weighted by Gasteiger charge is -2.39. The Hall–Kier alpha value is -1.52. The Labute approximate surface area is 292 Å². The van der Waals surface area contributed by atoms with Crippen LogP contribution in [0.15, 0.2) is 48.6 Å². The van der Waals surface area contributed by atoms with Crippen molar-refractivity contribution in [2.45, 2.75) is 161 Å². The van der Waals surface area contributed by atoms with Crippen LogP contribution in [0, 0.1) is 11.3 Å². The lowest BCUT2D eigenvalue weighted by Crippen LogP contribution is -2.44. The van der Waals surface area contributed by atoms with Gasteiger partial charge in [-0.1, -0.05) is 98.8 Å². The molecule has 47 heavy (non-hydrogen) atoms. The van der Waals surface area contributed by atoms with E-state index in [1.807, 2.05) is 24.3 Å². The summed E-state index contributed by atoms with van der Waals surface area (Å²) in [5.74, 6) is 0.844. The van der Waals surface area contributed by atoms with E-state index in [0.29, 0.717) is 19.6 Å². The second-order valence-electron chi connectivity index (χ2n) is 17.3. The zero-order chi connectivity index (χ0) is 36.3. The first kappa shape index (κ1) is 43.5. The number of methoxy groups -OCH3 is 1. The zero-order valence-corrected chi connectivity index (χ0v) is 35.9. The first-order chi connectivity index (χ1) is 21.3. The molecule has 6 nitrogen and oxygen atoms in total. The quantitative estimate of drug-likeness (QED) is 0.0861. The van der Waals surface area contributed by atoms with Gasteiger partial charge in [0.1, 0.15) is 11.9 Å². The first-order valence-electron chi connectivity index (χ1n) is 17.3. The van der Waals surface area contributed by atoms with E-state index < -0.39 is 31.1 Å². The molecule has 0 radical (unpaired) electrons. The maximum Gasteiger partial charge on any atom is 0.193 e. The highest BCUT2D eigenvalue weighted by molar-refractivity contribution is 6.75. The van der Waals surface area contributed by atoms with Crippen molar-refractivity contribution in [1.82, 2.24) is 0 Å². The second-order valence-corrected chi connectivity index (χ2v) is 31.6. The van der Waals surface area contributed by atoms with Crippen molar-refractivity contribution in [3.8, 4) is 11.8 Å². The summed E-state index contributed by atoms with van der Waals surface area (Å²) >= 11 is 0. The van der Waals surface area contributed by atoms with Crippen molar-refractivity contribution < 1.29 is 22.8 Å². The third-order valence-electron chi connectivity index (χ3n) is 10.3. The van der Waals surface area contributed by atoms with Crippen molar-refractivity contribution in [2.75, 3.05) is 13.7 Å². The Morgan fingerprint density at radius 2 is 1.13 bits per heavy atom. The van der Waals surface area contributed by atoms with E-state index >= 15 is 0 Å². The van der Waals surface area contributed by atoms with Crippen LogP contribution >= 0.6 is 0 Å². The Bertz CT molecular complexity index is 1170. The van der Waals surface area contributed by atoms with Gasteiger partial charge in [-0.15, -0.1) is 0 Å². The predicted octanol–water partition coefficient (Wildman–Crippen LogP) is 11.2. The van der Waals surface area contributed by atoms with Gasteiger partial charge in [-0.2, -0.15) is 5.26 Å². The fourth-order valence-electron chi connectivity index (χ4n) is 3.96. The number of nitriles is 1. The van der Waals surface area contributed by atoms with Crippen molar-refractivity contribution in [3.05, 3.63) is 54.1 Å². The number of rotatable bonds is 18. The van der Waals surface area contributed by atoms with Crippen LogP contribution in [0.25, 0.3) is 0 Å². The van der Waals surface area contributed by atoms with Gasteiger partial charge in [0.25, 0.3) is 0 Å². The van der Waals surface area contributed by atoms with Gasteiger partial charge >= 0.3 is 0 Å². The molecule has 0 bridgehead atoms. The van der Waals surface area contributed by atoms with E-state index in [1.54, 1.807) is 7.11 Å². The number of benzene rings is 1. The standard InChI is InChI=1S/C38H69NO5Si3/c1-36(2,3)45(11,12)42-33(20-18-22-35(29-39)44-47(15,16)38(7,8)9)19-17-21-34(43-46(13,14)37(4,5)6)27-28-41-30-31-23-25-32(40-10)26-24-31/h17-18,20-21,23-26,33-35H,19,22,27-28,30H2,1-16H3/b20-18+,21-17+/t33-,34+,35-/m0/s1. The molecule has 0 aliphatic carbocycles. The molecule has 0 spiro atoms. The highest BCUT2D eigenvalue weighted by atomic mass is 28.4. The van der Waals surface area contributed by atoms with Crippen LogP contribution in [0.5, 0.6) is 5.75 Å². The lowest BCUT2D eigenvalue weighted by molar-refractivity contribution is 0.0906. The molecule has 9 heteroatoms. The Morgan fingerprint density at radius 3 is 1.60 bits per heavy atom.